The number of carbonyl (C=O) groups excluding carboxylic acids is 1. The molecule has 0 radical (unpaired) electrons. The van der Waals surface area contributed by atoms with E-state index in [1.807, 2.05) is 50.4 Å². The van der Waals surface area contributed by atoms with Crippen LogP contribution >= 0.6 is 0 Å². The molecule has 0 atom stereocenters. The summed E-state index contributed by atoms with van der Waals surface area (Å²) in [6, 6.07) is 11.0. The van der Waals surface area contributed by atoms with Crippen LogP contribution in [0.1, 0.15) is 37.2 Å². The summed E-state index contributed by atoms with van der Waals surface area (Å²) >= 11 is 0. The van der Waals surface area contributed by atoms with E-state index in [0.717, 1.165) is 36.5 Å². The average Bonchev–Trinajstić information content (AvgIpc) is 2.61. The molecule has 24 heavy (non-hydrogen) atoms. The van der Waals surface area contributed by atoms with Crippen LogP contribution in [0.2, 0.25) is 0 Å². The maximum absolute atomic E-state index is 12.4. The number of pyridine rings is 1. The van der Waals surface area contributed by atoms with Crippen LogP contribution in [0.3, 0.4) is 0 Å². The van der Waals surface area contributed by atoms with Crippen molar-refractivity contribution in [3.05, 3.63) is 48.3 Å². The van der Waals surface area contributed by atoms with Gasteiger partial charge in [0.1, 0.15) is 11.4 Å². The Kier molecular flexibility index (Phi) is 6.61. The highest BCUT2D eigenvalue weighted by atomic mass is 16.5. The highest BCUT2D eigenvalue weighted by molar-refractivity contribution is 6.03. The first-order valence-electron chi connectivity index (χ1n) is 8.35. The van der Waals surface area contributed by atoms with Crippen LogP contribution in [0.25, 0.3) is 0 Å². The Hall–Kier alpha value is -2.56. The third-order valence-corrected chi connectivity index (χ3v) is 3.69. The zero-order valence-electron chi connectivity index (χ0n) is 14.6. The van der Waals surface area contributed by atoms with Crippen molar-refractivity contribution in [2.24, 2.45) is 0 Å². The second-order valence-electron chi connectivity index (χ2n) is 5.59. The Morgan fingerprint density at radius 1 is 1.21 bits per heavy atom. The molecule has 0 aliphatic heterocycles. The third-order valence-electron chi connectivity index (χ3n) is 3.69. The van der Waals surface area contributed by atoms with Crippen molar-refractivity contribution < 1.29 is 9.53 Å². The van der Waals surface area contributed by atoms with Crippen molar-refractivity contribution in [3.8, 4) is 5.75 Å². The van der Waals surface area contributed by atoms with Gasteiger partial charge in [0.2, 0.25) is 0 Å². The topological polar surface area (TPSA) is 54.5 Å². The molecule has 5 heteroatoms. The van der Waals surface area contributed by atoms with Gasteiger partial charge in [0, 0.05) is 31.2 Å². The standard InChI is InChI=1S/C19H25N3O2/c1-4-6-13-22(3)16-11-12-20-18(14-16)19(23)21-15-7-9-17(10-8-15)24-5-2/h7-12,14H,4-6,13H2,1-3H3,(H,21,23). The van der Waals surface area contributed by atoms with Gasteiger partial charge in [0.25, 0.3) is 5.91 Å². The molecular formula is C19H25N3O2. The summed E-state index contributed by atoms with van der Waals surface area (Å²) in [4.78, 5) is 18.7. The number of hydrogen-bond donors (Lipinski definition) is 1. The van der Waals surface area contributed by atoms with Gasteiger partial charge in [0.05, 0.1) is 6.61 Å². The van der Waals surface area contributed by atoms with E-state index in [1.54, 1.807) is 6.20 Å². The lowest BCUT2D eigenvalue weighted by atomic mass is 10.2. The lowest BCUT2D eigenvalue weighted by Gasteiger charge is -2.19. The van der Waals surface area contributed by atoms with Gasteiger partial charge >= 0.3 is 0 Å². The number of hydrogen-bond acceptors (Lipinski definition) is 4. The number of amides is 1. The summed E-state index contributed by atoms with van der Waals surface area (Å²) < 4.78 is 5.39. The van der Waals surface area contributed by atoms with Crippen LogP contribution in [0.4, 0.5) is 11.4 Å². The molecule has 0 saturated carbocycles. The van der Waals surface area contributed by atoms with E-state index in [1.165, 1.54) is 0 Å². The number of aromatic nitrogens is 1. The number of carbonyl (C=O) groups is 1. The predicted octanol–water partition coefficient (Wildman–Crippen LogP) is 3.97. The van der Waals surface area contributed by atoms with Crippen LogP contribution < -0.4 is 15.0 Å². The SMILES string of the molecule is CCCCN(C)c1ccnc(C(=O)Nc2ccc(OCC)cc2)c1. The van der Waals surface area contributed by atoms with Gasteiger partial charge in [0.15, 0.2) is 0 Å². The summed E-state index contributed by atoms with van der Waals surface area (Å²) in [6.45, 7) is 5.68. The lowest BCUT2D eigenvalue weighted by Crippen LogP contribution is -2.20. The van der Waals surface area contributed by atoms with E-state index in [-0.39, 0.29) is 5.91 Å². The second kappa shape index (κ2) is 8.91. The fourth-order valence-electron chi connectivity index (χ4n) is 2.30. The maximum Gasteiger partial charge on any atom is 0.274 e. The minimum atomic E-state index is -0.218. The zero-order chi connectivity index (χ0) is 17.4. The van der Waals surface area contributed by atoms with E-state index in [9.17, 15) is 4.79 Å². The van der Waals surface area contributed by atoms with E-state index < -0.39 is 0 Å². The number of benzene rings is 1. The number of rotatable bonds is 8. The van der Waals surface area contributed by atoms with E-state index in [0.29, 0.717) is 12.3 Å². The number of ether oxygens (including phenoxy) is 1. The molecule has 1 amide bonds. The van der Waals surface area contributed by atoms with Gasteiger partial charge < -0.3 is 15.0 Å². The Morgan fingerprint density at radius 2 is 1.96 bits per heavy atom. The molecule has 0 fully saturated rings. The van der Waals surface area contributed by atoms with Crippen molar-refractivity contribution in [1.29, 1.82) is 0 Å². The predicted molar refractivity (Wildman–Crippen MR) is 98.0 cm³/mol. The minimum absolute atomic E-state index is 0.218. The third kappa shape index (κ3) is 4.98. The molecular weight excluding hydrogens is 302 g/mol. The first-order valence-corrected chi connectivity index (χ1v) is 8.35. The van der Waals surface area contributed by atoms with Gasteiger partial charge in [-0.3, -0.25) is 9.78 Å². The van der Waals surface area contributed by atoms with Crippen LogP contribution in [0.5, 0.6) is 5.75 Å². The molecule has 1 heterocycles. The van der Waals surface area contributed by atoms with Crippen LogP contribution in [0, 0.1) is 0 Å². The zero-order valence-corrected chi connectivity index (χ0v) is 14.6. The van der Waals surface area contributed by atoms with Crippen molar-refractivity contribution >= 4 is 17.3 Å². The van der Waals surface area contributed by atoms with Gasteiger partial charge in [-0.15, -0.1) is 0 Å². The summed E-state index contributed by atoms with van der Waals surface area (Å²) in [6.07, 6.45) is 3.93. The molecule has 0 saturated heterocycles. The van der Waals surface area contributed by atoms with Crippen molar-refractivity contribution in [1.82, 2.24) is 4.98 Å². The van der Waals surface area contributed by atoms with Crippen molar-refractivity contribution in [2.75, 3.05) is 30.4 Å². The van der Waals surface area contributed by atoms with Crippen LogP contribution in [-0.2, 0) is 0 Å². The summed E-state index contributed by atoms with van der Waals surface area (Å²) in [7, 11) is 2.03. The monoisotopic (exact) mass is 327 g/mol. The van der Waals surface area contributed by atoms with Gasteiger partial charge in [-0.1, -0.05) is 13.3 Å². The largest absolute Gasteiger partial charge is 0.494 e. The van der Waals surface area contributed by atoms with Gasteiger partial charge in [-0.2, -0.15) is 0 Å². The van der Waals surface area contributed by atoms with Crippen LogP contribution in [0.15, 0.2) is 42.6 Å². The Labute approximate surface area is 143 Å². The molecule has 128 valence electrons. The van der Waals surface area contributed by atoms with Crippen LogP contribution in [-0.4, -0.2) is 31.1 Å². The number of nitrogens with zero attached hydrogens (tertiary/aromatic N) is 2. The number of unbranched alkanes of at least 4 members (excludes halogenated alkanes) is 1. The number of anilines is 2. The van der Waals surface area contributed by atoms with E-state index >= 15 is 0 Å². The Morgan fingerprint density at radius 3 is 2.62 bits per heavy atom. The molecule has 0 aliphatic rings. The first-order chi connectivity index (χ1) is 11.6. The first kappa shape index (κ1) is 17.8. The summed E-state index contributed by atoms with van der Waals surface area (Å²) in [5.74, 6) is 0.568. The molecule has 5 nitrogen and oxygen atoms in total. The molecule has 0 spiro atoms. The van der Waals surface area contributed by atoms with Gasteiger partial charge in [-0.25, -0.2) is 0 Å². The summed E-state index contributed by atoms with van der Waals surface area (Å²) in [5, 5.41) is 2.86. The number of nitrogens with one attached hydrogen (secondary N) is 1. The molecule has 0 bridgehead atoms. The van der Waals surface area contributed by atoms with E-state index in [4.69, 9.17) is 4.74 Å². The Bertz CT molecular complexity index is 656. The highest BCUT2D eigenvalue weighted by Gasteiger charge is 2.10. The highest BCUT2D eigenvalue weighted by Crippen LogP contribution is 2.18. The van der Waals surface area contributed by atoms with E-state index in [2.05, 4.69) is 22.1 Å². The molecule has 0 unspecified atom stereocenters. The van der Waals surface area contributed by atoms with Crippen molar-refractivity contribution in [3.63, 3.8) is 0 Å². The summed E-state index contributed by atoms with van der Waals surface area (Å²) in [5.41, 5.74) is 2.12. The van der Waals surface area contributed by atoms with Crippen molar-refractivity contribution in [2.45, 2.75) is 26.7 Å². The smallest absolute Gasteiger partial charge is 0.274 e. The second-order valence-corrected chi connectivity index (χ2v) is 5.59. The maximum atomic E-state index is 12.4. The molecule has 2 rings (SSSR count). The Balaban J connectivity index is 2.03. The molecule has 1 aromatic carbocycles. The normalized spacial score (nSPS) is 10.3. The fraction of sp³-hybridized carbons (Fsp3) is 0.368. The molecule has 1 aromatic heterocycles. The molecule has 2 aromatic rings. The molecule has 0 aliphatic carbocycles. The quantitative estimate of drug-likeness (QED) is 0.797. The molecule has 1 N–H and O–H groups in total. The minimum Gasteiger partial charge on any atom is -0.494 e. The lowest BCUT2D eigenvalue weighted by molar-refractivity contribution is 0.102. The average molecular weight is 327 g/mol. The van der Waals surface area contributed by atoms with Gasteiger partial charge in [-0.05, 0) is 49.7 Å². The fourth-order valence-corrected chi connectivity index (χ4v) is 2.30.